The van der Waals surface area contributed by atoms with Crippen LogP contribution in [0.1, 0.15) is 21.5 Å². The molecule has 0 radical (unpaired) electrons. The van der Waals surface area contributed by atoms with Gasteiger partial charge in [-0.2, -0.15) is 5.10 Å². The zero-order chi connectivity index (χ0) is 24.5. The molecule has 0 aliphatic rings. The molecule has 3 rings (SSSR count). The van der Waals surface area contributed by atoms with Gasteiger partial charge in [-0.25, -0.2) is 5.43 Å². The van der Waals surface area contributed by atoms with E-state index in [0.717, 1.165) is 5.56 Å². The lowest BCUT2D eigenvalue weighted by Crippen LogP contribution is -2.20. The maximum absolute atomic E-state index is 12.3. The third-order valence-electron chi connectivity index (χ3n) is 4.65. The van der Waals surface area contributed by atoms with E-state index in [1.54, 1.807) is 36.4 Å². The Balaban J connectivity index is 1.62. The number of amides is 2. The van der Waals surface area contributed by atoms with E-state index in [2.05, 4.69) is 15.8 Å². The van der Waals surface area contributed by atoms with Crippen LogP contribution in [0.2, 0.25) is 5.02 Å². The van der Waals surface area contributed by atoms with E-state index in [9.17, 15) is 9.59 Å². The predicted octanol–water partition coefficient (Wildman–Crippen LogP) is 4.45. The molecule has 0 aliphatic carbocycles. The molecule has 0 aliphatic heterocycles. The number of ether oxygens (including phenoxy) is 3. The summed E-state index contributed by atoms with van der Waals surface area (Å²) in [4.78, 5) is 24.5. The van der Waals surface area contributed by atoms with Crippen LogP contribution in [0.3, 0.4) is 0 Å². The van der Waals surface area contributed by atoms with Gasteiger partial charge in [-0.15, -0.1) is 0 Å². The van der Waals surface area contributed by atoms with E-state index < -0.39 is 5.91 Å². The number of hydrogen-bond acceptors (Lipinski definition) is 6. The largest absolute Gasteiger partial charge is 0.497 e. The summed E-state index contributed by atoms with van der Waals surface area (Å²) in [5.41, 5.74) is 5.16. The van der Waals surface area contributed by atoms with Crippen molar-refractivity contribution >= 4 is 35.3 Å². The molecule has 0 saturated carbocycles. The molecule has 34 heavy (non-hydrogen) atoms. The first-order valence-corrected chi connectivity index (χ1v) is 10.6. The van der Waals surface area contributed by atoms with Crippen molar-refractivity contribution in [3.8, 4) is 17.2 Å². The van der Waals surface area contributed by atoms with Crippen molar-refractivity contribution in [1.29, 1.82) is 0 Å². The van der Waals surface area contributed by atoms with Gasteiger partial charge in [0, 0.05) is 11.3 Å². The van der Waals surface area contributed by atoms with Gasteiger partial charge >= 0.3 is 0 Å². The molecule has 3 aromatic carbocycles. The lowest BCUT2D eigenvalue weighted by atomic mass is 10.2. The fourth-order valence-corrected chi connectivity index (χ4v) is 3.19. The van der Waals surface area contributed by atoms with E-state index in [-0.39, 0.29) is 23.3 Å². The maximum atomic E-state index is 12.3. The maximum Gasteiger partial charge on any atom is 0.271 e. The van der Waals surface area contributed by atoms with Crippen LogP contribution in [-0.2, 0) is 4.79 Å². The van der Waals surface area contributed by atoms with Crippen LogP contribution in [0.15, 0.2) is 65.8 Å². The van der Waals surface area contributed by atoms with Crippen molar-refractivity contribution < 1.29 is 23.8 Å². The van der Waals surface area contributed by atoms with Gasteiger partial charge in [-0.05, 0) is 55.0 Å². The van der Waals surface area contributed by atoms with Gasteiger partial charge in [0.05, 0.1) is 25.5 Å². The molecule has 0 fully saturated rings. The van der Waals surface area contributed by atoms with Gasteiger partial charge in [0.1, 0.15) is 5.75 Å². The summed E-state index contributed by atoms with van der Waals surface area (Å²) >= 11 is 6.35. The molecule has 0 unspecified atom stereocenters. The summed E-state index contributed by atoms with van der Waals surface area (Å²) in [5, 5.41) is 6.94. The quantitative estimate of drug-likeness (QED) is 0.347. The number of methoxy groups -OCH3 is 2. The summed E-state index contributed by atoms with van der Waals surface area (Å²) in [7, 11) is 2.98. The number of benzene rings is 3. The Morgan fingerprint density at radius 1 is 1.03 bits per heavy atom. The van der Waals surface area contributed by atoms with E-state index in [1.807, 2.05) is 31.2 Å². The number of nitrogens with one attached hydrogen (secondary N) is 2. The van der Waals surface area contributed by atoms with Gasteiger partial charge in [0.2, 0.25) is 0 Å². The second-order valence-corrected chi connectivity index (χ2v) is 7.58. The lowest BCUT2D eigenvalue weighted by Gasteiger charge is -2.13. The zero-order valence-electron chi connectivity index (χ0n) is 18.9. The molecule has 0 bridgehead atoms. The average molecular weight is 482 g/mol. The van der Waals surface area contributed by atoms with E-state index in [4.69, 9.17) is 25.8 Å². The van der Waals surface area contributed by atoms with E-state index in [0.29, 0.717) is 28.3 Å². The first-order valence-electron chi connectivity index (χ1n) is 10.2. The average Bonchev–Trinajstić information content (AvgIpc) is 2.84. The molecule has 0 atom stereocenters. The third kappa shape index (κ3) is 6.73. The molecule has 0 aromatic heterocycles. The fraction of sp³-hybridized carbons (Fsp3) is 0.160. The molecule has 0 heterocycles. The number of aryl methyl sites for hydroxylation is 1. The van der Waals surface area contributed by atoms with Crippen LogP contribution in [0, 0.1) is 6.92 Å². The number of hydrazone groups is 1. The molecular weight excluding hydrogens is 458 g/mol. The summed E-state index contributed by atoms with van der Waals surface area (Å²) in [6.07, 6.45) is 1.42. The summed E-state index contributed by atoms with van der Waals surface area (Å²) < 4.78 is 16.1. The van der Waals surface area contributed by atoms with Crippen molar-refractivity contribution in [2.75, 3.05) is 26.1 Å². The van der Waals surface area contributed by atoms with Crippen LogP contribution >= 0.6 is 11.6 Å². The minimum absolute atomic E-state index is 0.223. The molecular formula is C25H24ClN3O5. The number of hydrogen-bond donors (Lipinski definition) is 2. The van der Waals surface area contributed by atoms with Gasteiger partial charge in [0.15, 0.2) is 18.1 Å². The Labute approximate surface area is 202 Å². The molecule has 0 saturated heterocycles. The molecule has 176 valence electrons. The van der Waals surface area contributed by atoms with Crippen molar-refractivity contribution in [3.05, 3.63) is 82.4 Å². The monoisotopic (exact) mass is 481 g/mol. The van der Waals surface area contributed by atoms with Crippen molar-refractivity contribution in [2.45, 2.75) is 6.92 Å². The van der Waals surface area contributed by atoms with Crippen LogP contribution in [0.5, 0.6) is 17.2 Å². The van der Waals surface area contributed by atoms with Crippen LogP contribution in [-0.4, -0.2) is 38.9 Å². The normalized spacial score (nSPS) is 10.6. The molecule has 9 heteroatoms. The SMILES string of the molecule is COc1cccc(C(=O)N/N=C/c2cc(Cl)c(OCC(=O)Nc3ccc(C)cc3)c(OC)c2)c1. The molecule has 0 spiro atoms. The minimum Gasteiger partial charge on any atom is -0.497 e. The topological polar surface area (TPSA) is 98.3 Å². The second kappa shape index (κ2) is 11.7. The van der Waals surface area contributed by atoms with Crippen LogP contribution < -0.4 is 25.0 Å². The lowest BCUT2D eigenvalue weighted by molar-refractivity contribution is -0.118. The van der Waals surface area contributed by atoms with E-state index in [1.165, 1.54) is 20.4 Å². The number of halogens is 1. The fourth-order valence-electron chi connectivity index (χ4n) is 2.92. The van der Waals surface area contributed by atoms with Gasteiger partial charge < -0.3 is 19.5 Å². The Kier molecular flexibility index (Phi) is 8.48. The first kappa shape index (κ1) is 24.6. The van der Waals surface area contributed by atoms with Crippen LogP contribution in [0.25, 0.3) is 0 Å². The Bertz CT molecular complexity index is 1200. The number of carbonyl (C=O) groups is 2. The minimum atomic E-state index is -0.396. The third-order valence-corrected chi connectivity index (χ3v) is 4.93. The molecule has 2 amide bonds. The van der Waals surface area contributed by atoms with Crippen molar-refractivity contribution in [1.82, 2.24) is 5.43 Å². The molecule has 2 N–H and O–H groups in total. The summed E-state index contributed by atoms with van der Waals surface area (Å²) in [5.74, 6) is 0.369. The van der Waals surface area contributed by atoms with E-state index >= 15 is 0 Å². The zero-order valence-corrected chi connectivity index (χ0v) is 19.7. The highest BCUT2D eigenvalue weighted by Gasteiger charge is 2.14. The summed E-state index contributed by atoms with van der Waals surface area (Å²) in [6.45, 7) is 1.71. The number of anilines is 1. The molecule has 3 aromatic rings. The number of carbonyl (C=O) groups excluding carboxylic acids is 2. The summed E-state index contributed by atoms with van der Waals surface area (Å²) in [6, 6.07) is 17.3. The second-order valence-electron chi connectivity index (χ2n) is 7.17. The Hall–Kier alpha value is -4.04. The molecule has 8 nitrogen and oxygen atoms in total. The van der Waals surface area contributed by atoms with Gasteiger partial charge in [-0.1, -0.05) is 35.4 Å². The van der Waals surface area contributed by atoms with Crippen molar-refractivity contribution in [3.63, 3.8) is 0 Å². The van der Waals surface area contributed by atoms with Crippen LogP contribution in [0.4, 0.5) is 5.69 Å². The van der Waals surface area contributed by atoms with Crippen molar-refractivity contribution in [2.24, 2.45) is 5.10 Å². The standard InChI is InChI=1S/C25H24ClN3O5/c1-16-7-9-19(10-8-16)28-23(30)15-34-24-21(26)11-17(12-22(24)33-3)14-27-29-25(31)18-5-4-6-20(13-18)32-2/h4-14H,15H2,1-3H3,(H,28,30)(H,29,31)/b27-14+. The number of rotatable bonds is 9. The Morgan fingerprint density at radius 2 is 1.79 bits per heavy atom. The van der Waals surface area contributed by atoms with Gasteiger partial charge in [-0.3, -0.25) is 9.59 Å². The highest BCUT2D eigenvalue weighted by Crippen LogP contribution is 2.36. The number of nitrogens with zero attached hydrogens (tertiary/aromatic N) is 1. The highest BCUT2D eigenvalue weighted by molar-refractivity contribution is 6.32. The smallest absolute Gasteiger partial charge is 0.271 e. The Morgan fingerprint density at radius 3 is 2.50 bits per heavy atom. The first-order chi connectivity index (χ1) is 16.4. The highest BCUT2D eigenvalue weighted by atomic mass is 35.5. The van der Waals surface area contributed by atoms with Gasteiger partial charge in [0.25, 0.3) is 11.8 Å². The predicted molar refractivity (Wildman–Crippen MR) is 131 cm³/mol.